The van der Waals surface area contributed by atoms with Gasteiger partial charge < -0.3 is 4.79 Å². The van der Waals surface area contributed by atoms with Crippen LogP contribution in [-0.4, -0.2) is 6.29 Å². The minimum atomic E-state index is 0.00850. The average molecular weight is 248 g/mol. The second kappa shape index (κ2) is 4.65. The van der Waals surface area contributed by atoms with Crippen molar-refractivity contribution < 1.29 is 4.79 Å². The molecular formula is C17H28O. The van der Waals surface area contributed by atoms with E-state index in [9.17, 15) is 4.79 Å². The third kappa shape index (κ3) is 1.85. The summed E-state index contributed by atoms with van der Waals surface area (Å²) in [5.74, 6) is 4.45. The summed E-state index contributed by atoms with van der Waals surface area (Å²) in [6.45, 7) is 4.71. The van der Waals surface area contributed by atoms with Gasteiger partial charge in [0.2, 0.25) is 0 Å². The fourth-order valence-corrected chi connectivity index (χ4v) is 5.72. The summed E-state index contributed by atoms with van der Waals surface area (Å²) in [6.07, 6.45) is 12.2. The molecule has 3 rings (SSSR count). The summed E-state index contributed by atoms with van der Waals surface area (Å²) in [5, 5.41) is 0. The van der Waals surface area contributed by atoms with Crippen molar-refractivity contribution >= 4 is 6.29 Å². The van der Waals surface area contributed by atoms with Crippen molar-refractivity contribution in [3.63, 3.8) is 0 Å². The van der Waals surface area contributed by atoms with Gasteiger partial charge >= 0.3 is 0 Å². The summed E-state index contributed by atoms with van der Waals surface area (Å²) in [6, 6.07) is 0. The summed E-state index contributed by atoms with van der Waals surface area (Å²) < 4.78 is 0. The van der Waals surface area contributed by atoms with Crippen LogP contribution in [-0.2, 0) is 4.79 Å². The van der Waals surface area contributed by atoms with Crippen LogP contribution >= 0.6 is 0 Å². The first-order valence-corrected chi connectivity index (χ1v) is 8.12. The Hall–Kier alpha value is -0.330. The van der Waals surface area contributed by atoms with Gasteiger partial charge in [0.1, 0.15) is 6.29 Å². The monoisotopic (exact) mass is 248 g/mol. The van der Waals surface area contributed by atoms with Gasteiger partial charge in [0.15, 0.2) is 0 Å². The van der Waals surface area contributed by atoms with E-state index in [1.807, 2.05) is 0 Å². The van der Waals surface area contributed by atoms with Crippen LogP contribution in [0.3, 0.4) is 0 Å². The molecule has 0 radical (unpaired) electrons. The van der Waals surface area contributed by atoms with E-state index in [-0.39, 0.29) is 5.41 Å². The normalized spacial score (nSPS) is 52.2. The minimum absolute atomic E-state index is 0.00850. The highest BCUT2D eigenvalue weighted by molar-refractivity contribution is 5.59. The number of carbonyl (C=O) groups is 1. The highest BCUT2D eigenvalue weighted by atomic mass is 16.1. The van der Waals surface area contributed by atoms with Gasteiger partial charge in [-0.15, -0.1) is 0 Å². The molecule has 3 aliphatic rings. The van der Waals surface area contributed by atoms with Crippen molar-refractivity contribution in [2.75, 3.05) is 0 Å². The Labute approximate surface area is 112 Å². The standard InChI is InChI=1S/C17H28O/c1-12-5-3-6-14-13(12)8-9-16-15(14)7-4-10-17(16,2)11-18/h11-16H,3-10H2,1-2H3/t12?,13?,14?,15?,16?,17-/m1/s1. The fraction of sp³-hybridized carbons (Fsp3) is 0.941. The zero-order valence-corrected chi connectivity index (χ0v) is 12.0. The number of carbonyl (C=O) groups excluding carboxylic acids is 1. The molecule has 0 spiro atoms. The quantitative estimate of drug-likeness (QED) is 0.626. The molecule has 5 unspecified atom stereocenters. The second-order valence-corrected chi connectivity index (χ2v) is 7.60. The first kappa shape index (κ1) is 12.7. The van der Waals surface area contributed by atoms with Crippen LogP contribution < -0.4 is 0 Å². The number of hydrogen-bond donors (Lipinski definition) is 0. The highest BCUT2D eigenvalue weighted by Crippen LogP contribution is 2.57. The van der Waals surface area contributed by atoms with Crippen molar-refractivity contribution in [1.82, 2.24) is 0 Å². The number of rotatable bonds is 1. The van der Waals surface area contributed by atoms with Gasteiger partial charge in [-0.2, -0.15) is 0 Å². The number of aldehydes is 1. The van der Waals surface area contributed by atoms with Crippen molar-refractivity contribution in [1.29, 1.82) is 0 Å². The average Bonchev–Trinajstić information content (AvgIpc) is 2.39. The number of hydrogen-bond acceptors (Lipinski definition) is 1. The van der Waals surface area contributed by atoms with E-state index < -0.39 is 0 Å². The molecule has 3 saturated carbocycles. The lowest BCUT2D eigenvalue weighted by Gasteiger charge is -2.54. The molecule has 0 bridgehead atoms. The number of fused-ring (bicyclic) bond motifs is 3. The topological polar surface area (TPSA) is 17.1 Å². The molecule has 0 N–H and O–H groups in total. The van der Waals surface area contributed by atoms with Crippen LogP contribution in [0.5, 0.6) is 0 Å². The van der Waals surface area contributed by atoms with Crippen molar-refractivity contribution in [3.8, 4) is 0 Å². The van der Waals surface area contributed by atoms with E-state index in [0.717, 1.165) is 30.1 Å². The lowest BCUT2D eigenvalue weighted by Crippen LogP contribution is -2.48. The molecule has 1 nitrogen and oxygen atoms in total. The highest BCUT2D eigenvalue weighted by Gasteiger charge is 2.50. The molecule has 3 fully saturated rings. The van der Waals surface area contributed by atoms with Gasteiger partial charge in [-0.25, -0.2) is 0 Å². The first-order valence-electron chi connectivity index (χ1n) is 8.12. The van der Waals surface area contributed by atoms with Gasteiger partial charge in [-0.3, -0.25) is 0 Å². The predicted octanol–water partition coefficient (Wildman–Crippen LogP) is 4.45. The summed E-state index contributed by atoms with van der Waals surface area (Å²) in [4.78, 5) is 11.6. The Kier molecular flexibility index (Phi) is 3.28. The third-order valence-electron chi connectivity index (χ3n) is 6.72. The maximum atomic E-state index is 11.6. The molecule has 0 saturated heterocycles. The van der Waals surface area contributed by atoms with E-state index in [1.165, 1.54) is 51.2 Å². The summed E-state index contributed by atoms with van der Waals surface area (Å²) >= 11 is 0. The van der Waals surface area contributed by atoms with E-state index in [1.54, 1.807) is 0 Å². The van der Waals surface area contributed by atoms with Gasteiger partial charge in [0.25, 0.3) is 0 Å². The van der Waals surface area contributed by atoms with Crippen LogP contribution in [0.15, 0.2) is 0 Å². The van der Waals surface area contributed by atoms with E-state index in [2.05, 4.69) is 13.8 Å². The fourth-order valence-electron chi connectivity index (χ4n) is 5.72. The van der Waals surface area contributed by atoms with Crippen LogP contribution in [0.1, 0.15) is 65.2 Å². The minimum Gasteiger partial charge on any atom is -0.303 e. The molecule has 0 aromatic heterocycles. The Bertz CT molecular complexity index is 324. The molecular weight excluding hydrogens is 220 g/mol. The smallest absolute Gasteiger partial charge is 0.126 e. The summed E-state index contributed by atoms with van der Waals surface area (Å²) in [5.41, 5.74) is 0.00850. The molecule has 6 atom stereocenters. The molecule has 0 aliphatic heterocycles. The van der Waals surface area contributed by atoms with Crippen molar-refractivity contribution in [2.45, 2.75) is 65.2 Å². The zero-order valence-electron chi connectivity index (χ0n) is 12.0. The molecule has 0 amide bonds. The Morgan fingerprint density at radius 3 is 2.50 bits per heavy atom. The van der Waals surface area contributed by atoms with Gasteiger partial charge in [0.05, 0.1) is 0 Å². The van der Waals surface area contributed by atoms with E-state index in [0.29, 0.717) is 5.92 Å². The Balaban J connectivity index is 1.84. The predicted molar refractivity (Wildman–Crippen MR) is 74.2 cm³/mol. The zero-order chi connectivity index (χ0) is 12.8. The maximum absolute atomic E-state index is 11.6. The second-order valence-electron chi connectivity index (χ2n) is 7.60. The van der Waals surface area contributed by atoms with E-state index in [4.69, 9.17) is 0 Å². The van der Waals surface area contributed by atoms with E-state index >= 15 is 0 Å². The first-order chi connectivity index (χ1) is 8.65. The Morgan fingerprint density at radius 2 is 1.72 bits per heavy atom. The SMILES string of the molecule is CC1CCCC2C1CCC1C2CCC[C@]1(C)C=O. The largest absolute Gasteiger partial charge is 0.303 e. The van der Waals surface area contributed by atoms with Crippen LogP contribution in [0.25, 0.3) is 0 Å². The summed E-state index contributed by atoms with van der Waals surface area (Å²) in [7, 11) is 0. The van der Waals surface area contributed by atoms with Crippen LogP contribution in [0.2, 0.25) is 0 Å². The Morgan fingerprint density at radius 1 is 0.944 bits per heavy atom. The lowest BCUT2D eigenvalue weighted by molar-refractivity contribution is -0.128. The molecule has 0 aromatic carbocycles. The van der Waals surface area contributed by atoms with Gasteiger partial charge in [-0.05, 0) is 61.7 Å². The molecule has 1 heteroatoms. The van der Waals surface area contributed by atoms with Crippen LogP contribution in [0, 0.1) is 35.0 Å². The van der Waals surface area contributed by atoms with Gasteiger partial charge in [0, 0.05) is 5.41 Å². The molecule has 102 valence electrons. The molecule has 3 aliphatic carbocycles. The maximum Gasteiger partial charge on any atom is 0.126 e. The lowest BCUT2D eigenvalue weighted by atomic mass is 9.50. The van der Waals surface area contributed by atoms with Gasteiger partial charge in [-0.1, -0.05) is 33.1 Å². The third-order valence-corrected chi connectivity index (χ3v) is 6.72. The molecule has 0 aromatic rings. The van der Waals surface area contributed by atoms with Crippen molar-refractivity contribution in [2.24, 2.45) is 35.0 Å². The molecule has 0 heterocycles. The van der Waals surface area contributed by atoms with Crippen molar-refractivity contribution in [3.05, 3.63) is 0 Å². The molecule has 18 heavy (non-hydrogen) atoms. The van der Waals surface area contributed by atoms with Crippen LogP contribution in [0.4, 0.5) is 0 Å².